The number of nitrogens with one attached hydrogen (secondary N) is 1. The molecular weight excluding hydrogens is 222 g/mol. The molecule has 0 heterocycles. The van der Waals surface area contributed by atoms with Crippen LogP contribution in [0, 0.1) is 17.8 Å². The number of rotatable bonds is 4. The van der Waals surface area contributed by atoms with E-state index in [1.165, 1.54) is 32.1 Å². The van der Waals surface area contributed by atoms with Crippen LogP contribution >= 0.6 is 0 Å². The van der Waals surface area contributed by atoms with E-state index in [4.69, 9.17) is 0 Å². The van der Waals surface area contributed by atoms with Gasteiger partial charge in [-0.05, 0) is 39.0 Å². The van der Waals surface area contributed by atoms with Gasteiger partial charge in [0.15, 0.2) is 0 Å². The van der Waals surface area contributed by atoms with Crippen molar-refractivity contribution in [1.29, 1.82) is 0 Å². The van der Waals surface area contributed by atoms with Gasteiger partial charge in [0.25, 0.3) is 0 Å². The minimum atomic E-state index is -0.109. The quantitative estimate of drug-likeness (QED) is 0.801. The lowest BCUT2D eigenvalue weighted by Gasteiger charge is -2.33. The van der Waals surface area contributed by atoms with Crippen molar-refractivity contribution >= 4 is 5.91 Å². The zero-order valence-electron chi connectivity index (χ0n) is 12.9. The van der Waals surface area contributed by atoms with E-state index >= 15 is 0 Å². The summed E-state index contributed by atoms with van der Waals surface area (Å²) in [6.07, 6.45) is 7.78. The molecule has 3 unspecified atom stereocenters. The fourth-order valence-corrected chi connectivity index (χ4v) is 3.19. The highest BCUT2D eigenvalue weighted by molar-refractivity contribution is 5.78. The third kappa shape index (κ3) is 4.99. The first-order valence-electron chi connectivity index (χ1n) is 7.65. The van der Waals surface area contributed by atoms with E-state index in [-0.39, 0.29) is 17.4 Å². The minimum Gasteiger partial charge on any atom is -0.351 e. The lowest BCUT2D eigenvalue weighted by molar-refractivity contribution is -0.126. The molecule has 18 heavy (non-hydrogen) atoms. The number of hydrogen-bond acceptors (Lipinski definition) is 1. The standard InChI is InChI=1S/C16H31NO/c1-6-13-9-7-8-10-14(13)11-12(2)15(18)17-16(3,4)5/h12-14H,6-11H2,1-5H3,(H,17,18). The molecule has 3 atom stereocenters. The Bertz CT molecular complexity index is 267. The van der Waals surface area contributed by atoms with Crippen LogP contribution in [-0.2, 0) is 4.79 Å². The molecule has 1 rings (SSSR count). The molecule has 0 spiro atoms. The summed E-state index contributed by atoms with van der Waals surface area (Å²) in [5, 5.41) is 3.10. The molecule has 0 radical (unpaired) electrons. The molecule has 0 aliphatic heterocycles. The summed E-state index contributed by atoms with van der Waals surface area (Å²) >= 11 is 0. The fraction of sp³-hybridized carbons (Fsp3) is 0.938. The average molecular weight is 253 g/mol. The van der Waals surface area contributed by atoms with Crippen LogP contribution in [0.2, 0.25) is 0 Å². The van der Waals surface area contributed by atoms with E-state index in [9.17, 15) is 4.79 Å². The summed E-state index contributed by atoms with van der Waals surface area (Å²) in [7, 11) is 0. The van der Waals surface area contributed by atoms with Crippen LogP contribution in [-0.4, -0.2) is 11.4 Å². The normalized spacial score (nSPS) is 26.7. The summed E-state index contributed by atoms with van der Waals surface area (Å²) in [6, 6.07) is 0. The zero-order valence-corrected chi connectivity index (χ0v) is 12.9. The highest BCUT2D eigenvalue weighted by atomic mass is 16.2. The highest BCUT2D eigenvalue weighted by Crippen LogP contribution is 2.36. The molecule has 0 aromatic heterocycles. The predicted octanol–water partition coefficient (Wildman–Crippen LogP) is 4.14. The van der Waals surface area contributed by atoms with E-state index in [0.717, 1.165) is 18.3 Å². The van der Waals surface area contributed by atoms with Crippen LogP contribution in [0.4, 0.5) is 0 Å². The highest BCUT2D eigenvalue weighted by Gasteiger charge is 2.28. The topological polar surface area (TPSA) is 29.1 Å². The lowest BCUT2D eigenvalue weighted by Crippen LogP contribution is -2.43. The van der Waals surface area contributed by atoms with Crippen molar-refractivity contribution in [2.24, 2.45) is 17.8 Å². The largest absolute Gasteiger partial charge is 0.351 e. The monoisotopic (exact) mass is 253 g/mol. The van der Waals surface area contributed by atoms with Gasteiger partial charge >= 0.3 is 0 Å². The van der Waals surface area contributed by atoms with Crippen LogP contribution in [0.1, 0.15) is 73.1 Å². The maximum absolute atomic E-state index is 12.1. The molecule has 0 aromatic carbocycles. The van der Waals surface area contributed by atoms with Crippen LogP contribution in [0.15, 0.2) is 0 Å². The molecular formula is C16H31NO. The molecule has 2 heteroatoms. The first-order valence-corrected chi connectivity index (χ1v) is 7.65. The first kappa shape index (κ1) is 15.5. The molecule has 1 aliphatic carbocycles. The van der Waals surface area contributed by atoms with E-state index in [0.29, 0.717) is 0 Å². The molecule has 106 valence electrons. The molecule has 0 saturated heterocycles. The van der Waals surface area contributed by atoms with Gasteiger partial charge in [-0.15, -0.1) is 0 Å². The fourth-order valence-electron chi connectivity index (χ4n) is 3.19. The van der Waals surface area contributed by atoms with Crippen LogP contribution in [0.25, 0.3) is 0 Å². The van der Waals surface area contributed by atoms with Gasteiger partial charge in [-0.1, -0.05) is 46.0 Å². The van der Waals surface area contributed by atoms with Gasteiger partial charge in [-0.25, -0.2) is 0 Å². The van der Waals surface area contributed by atoms with E-state index in [1.54, 1.807) is 0 Å². The minimum absolute atomic E-state index is 0.109. The first-order chi connectivity index (χ1) is 8.33. The maximum atomic E-state index is 12.1. The predicted molar refractivity (Wildman–Crippen MR) is 77.4 cm³/mol. The molecule has 1 fully saturated rings. The second kappa shape index (κ2) is 6.58. The second-order valence-corrected chi connectivity index (χ2v) is 7.09. The van der Waals surface area contributed by atoms with Gasteiger partial charge in [0.2, 0.25) is 5.91 Å². The third-order valence-electron chi connectivity index (χ3n) is 4.19. The van der Waals surface area contributed by atoms with Gasteiger partial charge in [0.1, 0.15) is 0 Å². The average Bonchev–Trinajstić information content (AvgIpc) is 2.27. The summed E-state index contributed by atoms with van der Waals surface area (Å²) in [5.74, 6) is 2.00. The second-order valence-electron chi connectivity index (χ2n) is 7.09. The summed E-state index contributed by atoms with van der Waals surface area (Å²) in [5.41, 5.74) is -0.109. The maximum Gasteiger partial charge on any atom is 0.223 e. The zero-order chi connectivity index (χ0) is 13.8. The van der Waals surface area contributed by atoms with E-state index < -0.39 is 0 Å². The van der Waals surface area contributed by atoms with Crippen molar-refractivity contribution in [2.45, 2.75) is 78.7 Å². The van der Waals surface area contributed by atoms with Crippen molar-refractivity contribution < 1.29 is 4.79 Å². The number of carbonyl (C=O) groups excluding carboxylic acids is 1. The summed E-state index contributed by atoms with van der Waals surface area (Å²) < 4.78 is 0. The number of hydrogen-bond donors (Lipinski definition) is 1. The Morgan fingerprint density at radius 1 is 1.22 bits per heavy atom. The van der Waals surface area contributed by atoms with Gasteiger partial charge in [0.05, 0.1) is 0 Å². The Kier molecular flexibility index (Phi) is 5.68. The molecule has 2 nitrogen and oxygen atoms in total. The molecule has 1 aliphatic rings. The Hall–Kier alpha value is -0.530. The molecule has 0 aromatic rings. The van der Waals surface area contributed by atoms with Gasteiger partial charge < -0.3 is 5.32 Å². The lowest BCUT2D eigenvalue weighted by atomic mass is 9.74. The number of carbonyl (C=O) groups is 1. The van der Waals surface area contributed by atoms with Gasteiger partial charge in [0, 0.05) is 11.5 Å². The Morgan fingerprint density at radius 3 is 2.28 bits per heavy atom. The number of amides is 1. The van der Waals surface area contributed by atoms with E-state index in [2.05, 4.69) is 19.2 Å². The third-order valence-corrected chi connectivity index (χ3v) is 4.19. The van der Waals surface area contributed by atoms with Crippen molar-refractivity contribution in [3.63, 3.8) is 0 Å². The van der Waals surface area contributed by atoms with E-state index in [1.807, 2.05) is 20.8 Å². The van der Waals surface area contributed by atoms with Crippen molar-refractivity contribution in [3.8, 4) is 0 Å². The molecule has 1 amide bonds. The van der Waals surface area contributed by atoms with Crippen molar-refractivity contribution in [2.75, 3.05) is 0 Å². The Morgan fingerprint density at radius 2 is 1.78 bits per heavy atom. The van der Waals surface area contributed by atoms with Crippen LogP contribution < -0.4 is 5.32 Å². The summed E-state index contributed by atoms with van der Waals surface area (Å²) in [4.78, 5) is 12.1. The van der Waals surface area contributed by atoms with Crippen molar-refractivity contribution in [1.82, 2.24) is 5.32 Å². The van der Waals surface area contributed by atoms with Gasteiger partial charge in [-0.3, -0.25) is 4.79 Å². The Labute approximate surface area is 113 Å². The van der Waals surface area contributed by atoms with Crippen LogP contribution in [0.3, 0.4) is 0 Å². The van der Waals surface area contributed by atoms with Gasteiger partial charge in [-0.2, -0.15) is 0 Å². The summed E-state index contributed by atoms with van der Waals surface area (Å²) in [6.45, 7) is 10.5. The SMILES string of the molecule is CCC1CCCCC1CC(C)C(=O)NC(C)(C)C. The molecule has 1 saturated carbocycles. The molecule has 1 N–H and O–H groups in total. The van der Waals surface area contributed by atoms with Crippen LogP contribution in [0.5, 0.6) is 0 Å². The van der Waals surface area contributed by atoms with Crippen molar-refractivity contribution in [3.05, 3.63) is 0 Å². The smallest absolute Gasteiger partial charge is 0.223 e. The molecule has 0 bridgehead atoms. The Balaban J connectivity index is 2.47.